The van der Waals surface area contributed by atoms with Gasteiger partial charge >= 0.3 is 0 Å². The van der Waals surface area contributed by atoms with E-state index in [-0.39, 0.29) is 0 Å². The monoisotopic (exact) mass is 225 g/mol. The van der Waals surface area contributed by atoms with E-state index in [0.29, 0.717) is 6.04 Å². The van der Waals surface area contributed by atoms with Crippen LogP contribution in [0, 0.1) is 0 Å². The van der Waals surface area contributed by atoms with Crippen LogP contribution in [-0.4, -0.2) is 6.54 Å². The molecule has 0 spiro atoms. The van der Waals surface area contributed by atoms with Crippen molar-refractivity contribution in [1.29, 1.82) is 0 Å². The normalized spacial score (nSPS) is 12.9. The molecule has 0 aliphatic carbocycles. The quantitative estimate of drug-likeness (QED) is 0.648. The average molecular weight is 225 g/mol. The molecule has 0 fully saturated rings. The molecule has 0 aromatic carbocycles. The molecule has 0 saturated carbocycles. The summed E-state index contributed by atoms with van der Waals surface area (Å²) in [5.41, 5.74) is 0. The van der Waals surface area contributed by atoms with Crippen LogP contribution in [0.1, 0.15) is 56.9 Å². The van der Waals surface area contributed by atoms with Gasteiger partial charge in [0, 0.05) is 10.9 Å². The Kier molecular flexibility index (Phi) is 6.69. The SMILES string of the molecule is CCCCCCCN[C@@H](C)c1cccs1. The Morgan fingerprint density at radius 1 is 1.27 bits per heavy atom. The highest BCUT2D eigenvalue weighted by atomic mass is 32.1. The largest absolute Gasteiger partial charge is 0.309 e. The van der Waals surface area contributed by atoms with Crippen LogP contribution >= 0.6 is 11.3 Å². The van der Waals surface area contributed by atoms with Gasteiger partial charge in [-0.2, -0.15) is 0 Å². The summed E-state index contributed by atoms with van der Waals surface area (Å²) in [5, 5.41) is 5.72. The molecule has 1 N–H and O–H groups in total. The molecule has 1 rings (SSSR count). The summed E-state index contributed by atoms with van der Waals surface area (Å²) in [6.07, 6.45) is 6.80. The molecule has 1 atom stereocenters. The van der Waals surface area contributed by atoms with Crippen molar-refractivity contribution < 1.29 is 0 Å². The van der Waals surface area contributed by atoms with Crippen LogP contribution in [0.2, 0.25) is 0 Å². The minimum absolute atomic E-state index is 0.524. The molecule has 2 heteroatoms. The van der Waals surface area contributed by atoms with Crippen LogP contribution in [0.15, 0.2) is 17.5 Å². The third-order valence-electron chi connectivity index (χ3n) is 2.70. The first-order chi connectivity index (χ1) is 7.34. The third kappa shape index (κ3) is 5.33. The van der Waals surface area contributed by atoms with Gasteiger partial charge in [-0.1, -0.05) is 38.7 Å². The van der Waals surface area contributed by atoms with E-state index >= 15 is 0 Å². The lowest BCUT2D eigenvalue weighted by molar-refractivity contribution is 0.536. The Bertz CT molecular complexity index is 231. The second-order valence-corrected chi connectivity index (χ2v) is 5.08. The summed E-state index contributed by atoms with van der Waals surface area (Å²) in [6.45, 7) is 5.66. The van der Waals surface area contributed by atoms with Crippen LogP contribution in [0.25, 0.3) is 0 Å². The van der Waals surface area contributed by atoms with Gasteiger partial charge in [0.1, 0.15) is 0 Å². The zero-order valence-electron chi connectivity index (χ0n) is 9.96. The first kappa shape index (κ1) is 12.7. The van der Waals surface area contributed by atoms with Gasteiger partial charge in [-0.15, -0.1) is 11.3 Å². The summed E-state index contributed by atoms with van der Waals surface area (Å²) in [4.78, 5) is 1.45. The van der Waals surface area contributed by atoms with Gasteiger partial charge in [0.15, 0.2) is 0 Å². The van der Waals surface area contributed by atoms with Crippen LogP contribution in [-0.2, 0) is 0 Å². The topological polar surface area (TPSA) is 12.0 Å². The molecule has 1 aromatic heterocycles. The van der Waals surface area contributed by atoms with E-state index in [1.165, 1.54) is 37.0 Å². The maximum Gasteiger partial charge on any atom is 0.0386 e. The lowest BCUT2D eigenvalue weighted by Crippen LogP contribution is -2.18. The van der Waals surface area contributed by atoms with Crippen LogP contribution in [0.3, 0.4) is 0 Å². The second kappa shape index (κ2) is 7.89. The van der Waals surface area contributed by atoms with E-state index in [1.54, 1.807) is 0 Å². The summed E-state index contributed by atoms with van der Waals surface area (Å²) in [7, 11) is 0. The number of nitrogens with one attached hydrogen (secondary N) is 1. The molecule has 0 aliphatic heterocycles. The van der Waals surface area contributed by atoms with Crippen LogP contribution < -0.4 is 5.32 Å². The zero-order valence-corrected chi connectivity index (χ0v) is 10.8. The second-order valence-electron chi connectivity index (χ2n) is 4.11. The minimum Gasteiger partial charge on any atom is -0.309 e. The molecule has 0 aliphatic rings. The Morgan fingerprint density at radius 2 is 2.07 bits per heavy atom. The highest BCUT2D eigenvalue weighted by Gasteiger charge is 2.03. The molecule has 1 nitrogen and oxygen atoms in total. The summed E-state index contributed by atoms with van der Waals surface area (Å²) >= 11 is 1.84. The van der Waals surface area contributed by atoms with E-state index in [2.05, 4.69) is 36.7 Å². The Hall–Kier alpha value is -0.340. The fraction of sp³-hybridized carbons (Fsp3) is 0.692. The first-order valence-electron chi connectivity index (χ1n) is 6.11. The predicted molar refractivity (Wildman–Crippen MR) is 69.5 cm³/mol. The van der Waals surface area contributed by atoms with E-state index in [4.69, 9.17) is 0 Å². The summed E-state index contributed by atoms with van der Waals surface area (Å²) in [5.74, 6) is 0. The van der Waals surface area contributed by atoms with Gasteiger partial charge in [0.2, 0.25) is 0 Å². The fourth-order valence-electron chi connectivity index (χ4n) is 1.69. The van der Waals surface area contributed by atoms with Gasteiger partial charge in [0.05, 0.1) is 0 Å². The zero-order chi connectivity index (χ0) is 10.9. The van der Waals surface area contributed by atoms with Gasteiger partial charge in [-0.3, -0.25) is 0 Å². The van der Waals surface area contributed by atoms with Crippen LogP contribution in [0.5, 0.6) is 0 Å². The summed E-state index contributed by atoms with van der Waals surface area (Å²) < 4.78 is 0. The molecule has 1 heterocycles. The standard InChI is InChI=1S/C13H23NS/c1-3-4-5-6-7-10-14-12(2)13-9-8-11-15-13/h8-9,11-12,14H,3-7,10H2,1-2H3/t12-/m0/s1. The van der Waals surface area contributed by atoms with Crippen molar-refractivity contribution in [2.45, 2.75) is 52.0 Å². The molecule has 86 valence electrons. The Morgan fingerprint density at radius 3 is 2.73 bits per heavy atom. The van der Waals surface area contributed by atoms with E-state index in [0.717, 1.165) is 6.54 Å². The lowest BCUT2D eigenvalue weighted by atomic mass is 10.1. The first-order valence-corrected chi connectivity index (χ1v) is 6.99. The number of unbranched alkanes of at least 4 members (excludes halogenated alkanes) is 4. The van der Waals surface area contributed by atoms with Gasteiger partial charge < -0.3 is 5.32 Å². The van der Waals surface area contributed by atoms with Crippen molar-refractivity contribution in [3.05, 3.63) is 22.4 Å². The average Bonchev–Trinajstić information content (AvgIpc) is 2.76. The molecule has 0 saturated heterocycles. The van der Waals surface area contributed by atoms with E-state index in [1.807, 2.05) is 11.3 Å². The molecule has 15 heavy (non-hydrogen) atoms. The van der Waals surface area contributed by atoms with Crippen molar-refractivity contribution >= 4 is 11.3 Å². The summed E-state index contributed by atoms with van der Waals surface area (Å²) in [6, 6.07) is 4.86. The van der Waals surface area contributed by atoms with Crippen molar-refractivity contribution in [2.24, 2.45) is 0 Å². The van der Waals surface area contributed by atoms with Crippen molar-refractivity contribution in [3.63, 3.8) is 0 Å². The Balaban J connectivity index is 2.00. The molecule has 0 amide bonds. The third-order valence-corrected chi connectivity index (χ3v) is 3.76. The molecular weight excluding hydrogens is 202 g/mol. The lowest BCUT2D eigenvalue weighted by Gasteiger charge is -2.11. The van der Waals surface area contributed by atoms with Gasteiger partial charge in [0.25, 0.3) is 0 Å². The smallest absolute Gasteiger partial charge is 0.0386 e. The van der Waals surface area contributed by atoms with Crippen molar-refractivity contribution in [3.8, 4) is 0 Å². The molecule has 0 bridgehead atoms. The van der Waals surface area contributed by atoms with Gasteiger partial charge in [-0.05, 0) is 31.3 Å². The minimum atomic E-state index is 0.524. The van der Waals surface area contributed by atoms with Crippen molar-refractivity contribution in [2.75, 3.05) is 6.54 Å². The maximum atomic E-state index is 3.57. The van der Waals surface area contributed by atoms with E-state index < -0.39 is 0 Å². The predicted octanol–water partition coefficient (Wildman–Crippen LogP) is 4.37. The Labute approximate surface area is 97.9 Å². The molecule has 1 aromatic rings. The number of rotatable bonds is 8. The number of hydrogen-bond acceptors (Lipinski definition) is 2. The fourth-order valence-corrected chi connectivity index (χ4v) is 2.44. The van der Waals surface area contributed by atoms with Gasteiger partial charge in [-0.25, -0.2) is 0 Å². The number of thiophene rings is 1. The van der Waals surface area contributed by atoms with Crippen LogP contribution in [0.4, 0.5) is 0 Å². The molecular formula is C13H23NS. The highest BCUT2D eigenvalue weighted by molar-refractivity contribution is 7.10. The maximum absolute atomic E-state index is 3.57. The highest BCUT2D eigenvalue weighted by Crippen LogP contribution is 2.17. The van der Waals surface area contributed by atoms with E-state index in [9.17, 15) is 0 Å². The van der Waals surface area contributed by atoms with Crippen molar-refractivity contribution in [1.82, 2.24) is 5.32 Å². The number of hydrogen-bond donors (Lipinski definition) is 1. The molecule has 0 radical (unpaired) electrons. The molecule has 0 unspecified atom stereocenters.